The van der Waals surface area contributed by atoms with Gasteiger partial charge in [-0.25, -0.2) is 0 Å². The molecule has 5 rings (SSSR count). The molecule has 3 saturated carbocycles. The molecule has 23 heavy (non-hydrogen) atoms. The molecule has 0 aromatic rings. The van der Waals surface area contributed by atoms with Crippen LogP contribution >= 0.6 is 0 Å². The second-order valence-electron chi connectivity index (χ2n) is 8.86. The summed E-state index contributed by atoms with van der Waals surface area (Å²) in [7, 11) is 0. The second kappa shape index (κ2) is 4.54. The van der Waals surface area contributed by atoms with Gasteiger partial charge < -0.3 is 4.74 Å². The lowest BCUT2D eigenvalue weighted by atomic mass is 9.38. The van der Waals surface area contributed by atoms with Gasteiger partial charge in [0.2, 0.25) is 0 Å². The zero-order chi connectivity index (χ0) is 15.7. The molecule has 1 heterocycles. The fourth-order valence-electron chi connectivity index (χ4n) is 6.80. The summed E-state index contributed by atoms with van der Waals surface area (Å²) >= 11 is 0. The summed E-state index contributed by atoms with van der Waals surface area (Å²) in [5.74, 6) is 8.25. The van der Waals surface area contributed by atoms with Gasteiger partial charge in [0.05, 0.1) is 6.61 Å². The molecular weight excluding hydrogens is 280 g/mol. The second-order valence-corrected chi connectivity index (χ2v) is 8.86. The van der Waals surface area contributed by atoms with Gasteiger partial charge in [-0.2, -0.15) is 0 Å². The average molecular weight is 308 g/mol. The number of fused-ring (bicyclic) bond motifs is 2. The Hall–Kier alpha value is -1.00. The van der Waals surface area contributed by atoms with E-state index >= 15 is 0 Å². The summed E-state index contributed by atoms with van der Waals surface area (Å²) in [6.45, 7) is 7.91. The van der Waals surface area contributed by atoms with Crippen molar-refractivity contribution < 1.29 is 4.74 Å². The molecule has 0 aromatic heterocycles. The lowest BCUT2D eigenvalue weighted by molar-refractivity contribution is -0.0853. The van der Waals surface area contributed by atoms with E-state index in [1.54, 1.807) is 0 Å². The number of hydrogen-bond donors (Lipinski definition) is 0. The van der Waals surface area contributed by atoms with Crippen LogP contribution < -0.4 is 0 Å². The summed E-state index contributed by atoms with van der Waals surface area (Å²) < 4.78 is 6.23. The molecule has 0 amide bonds. The van der Waals surface area contributed by atoms with Crippen molar-refractivity contribution in [1.82, 2.24) is 0 Å². The van der Waals surface area contributed by atoms with Gasteiger partial charge in [0.15, 0.2) is 0 Å². The molecule has 3 fully saturated rings. The van der Waals surface area contributed by atoms with Crippen LogP contribution in [-0.2, 0) is 4.74 Å². The third-order valence-corrected chi connectivity index (χ3v) is 8.14. The summed E-state index contributed by atoms with van der Waals surface area (Å²) in [6, 6.07) is 0. The minimum atomic E-state index is -0.318. The molecule has 0 radical (unpaired) electrons. The van der Waals surface area contributed by atoms with Gasteiger partial charge >= 0.3 is 0 Å². The van der Waals surface area contributed by atoms with Crippen molar-refractivity contribution in [2.45, 2.75) is 70.3 Å². The fourth-order valence-corrected chi connectivity index (χ4v) is 6.80. The SMILES string of the molecule is C=C1[C@@H]2CC3CC[C@@]34CCCC=C4[C@@]2(C)CCC12C#CCCO2. The third kappa shape index (κ3) is 1.64. The Balaban J connectivity index is 1.58. The predicted molar refractivity (Wildman–Crippen MR) is 92.8 cm³/mol. The minimum absolute atomic E-state index is 0.318. The maximum atomic E-state index is 6.23. The smallest absolute Gasteiger partial charge is 0.150 e. The molecule has 122 valence electrons. The van der Waals surface area contributed by atoms with Crippen molar-refractivity contribution >= 4 is 0 Å². The van der Waals surface area contributed by atoms with Gasteiger partial charge in [-0.15, -0.1) is 0 Å². The summed E-state index contributed by atoms with van der Waals surface area (Å²) in [4.78, 5) is 0. The van der Waals surface area contributed by atoms with Crippen LogP contribution in [0.1, 0.15) is 64.7 Å². The van der Waals surface area contributed by atoms with Crippen LogP contribution in [0.3, 0.4) is 0 Å². The molecule has 0 bridgehead atoms. The van der Waals surface area contributed by atoms with E-state index in [0.29, 0.717) is 16.7 Å². The lowest BCUT2D eigenvalue weighted by Crippen LogP contribution is -2.59. The largest absolute Gasteiger partial charge is 0.357 e. The van der Waals surface area contributed by atoms with Crippen LogP contribution in [0, 0.1) is 34.5 Å². The van der Waals surface area contributed by atoms with Crippen molar-refractivity contribution in [3.05, 3.63) is 23.8 Å². The highest BCUT2D eigenvalue weighted by Crippen LogP contribution is 2.72. The van der Waals surface area contributed by atoms with Gasteiger partial charge in [-0.1, -0.05) is 37.0 Å². The molecule has 0 saturated heterocycles. The predicted octanol–water partition coefficient (Wildman–Crippen LogP) is 5.03. The third-order valence-electron chi connectivity index (χ3n) is 8.14. The highest BCUT2D eigenvalue weighted by molar-refractivity contribution is 5.44. The molecule has 1 aliphatic heterocycles. The van der Waals surface area contributed by atoms with Crippen molar-refractivity contribution in [1.29, 1.82) is 0 Å². The molecular formula is C22H28O. The normalized spacial score (nSPS) is 50.7. The van der Waals surface area contributed by atoms with E-state index in [4.69, 9.17) is 4.74 Å². The van der Waals surface area contributed by atoms with E-state index in [1.807, 2.05) is 5.57 Å². The summed E-state index contributed by atoms with van der Waals surface area (Å²) in [5.41, 5.74) is 3.71. The Morgan fingerprint density at radius 2 is 2.17 bits per heavy atom. The fraction of sp³-hybridized carbons (Fsp3) is 0.727. The van der Waals surface area contributed by atoms with E-state index in [2.05, 4.69) is 31.4 Å². The molecule has 2 unspecified atom stereocenters. The molecule has 0 N–H and O–H groups in total. The maximum absolute atomic E-state index is 6.23. The molecule has 4 aliphatic carbocycles. The number of ether oxygens (including phenoxy) is 1. The van der Waals surface area contributed by atoms with E-state index in [-0.39, 0.29) is 5.60 Å². The van der Waals surface area contributed by atoms with Gasteiger partial charge in [0.25, 0.3) is 0 Å². The van der Waals surface area contributed by atoms with Gasteiger partial charge in [0, 0.05) is 6.42 Å². The Kier molecular flexibility index (Phi) is 2.83. The Morgan fingerprint density at radius 1 is 1.26 bits per heavy atom. The highest BCUT2D eigenvalue weighted by atomic mass is 16.5. The minimum Gasteiger partial charge on any atom is -0.357 e. The average Bonchev–Trinajstić information content (AvgIpc) is 2.58. The van der Waals surface area contributed by atoms with Crippen LogP contribution in [0.25, 0.3) is 0 Å². The lowest BCUT2D eigenvalue weighted by Gasteiger charge is -2.67. The van der Waals surface area contributed by atoms with Crippen molar-refractivity contribution in [3.8, 4) is 11.8 Å². The van der Waals surface area contributed by atoms with Gasteiger partial charge in [-0.3, -0.25) is 0 Å². The summed E-state index contributed by atoms with van der Waals surface area (Å²) in [6.07, 6.45) is 14.1. The molecule has 0 aromatic carbocycles. The van der Waals surface area contributed by atoms with E-state index < -0.39 is 0 Å². The van der Waals surface area contributed by atoms with Crippen molar-refractivity contribution in [2.75, 3.05) is 6.61 Å². The van der Waals surface area contributed by atoms with Crippen LogP contribution in [0.4, 0.5) is 0 Å². The summed E-state index contributed by atoms with van der Waals surface area (Å²) in [5, 5.41) is 0. The highest BCUT2D eigenvalue weighted by Gasteiger charge is 2.63. The number of hydrogen-bond acceptors (Lipinski definition) is 1. The number of rotatable bonds is 0. The first-order valence-electron chi connectivity index (χ1n) is 9.65. The zero-order valence-electron chi connectivity index (χ0n) is 14.4. The first kappa shape index (κ1) is 14.4. The first-order valence-corrected chi connectivity index (χ1v) is 9.65. The molecule has 1 nitrogen and oxygen atoms in total. The van der Waals surface area contributed by atoms with Crippen LogP contribution in [0.2, 0.25) is 0 Å². The molecule has 5 aliphatic rings. The van der Waals surface area contributed by atoms with Gasteiger partial charge in [-0.05, 0) is 79.6 Å². The zero-order valence-corrected chi connectivity index (χ0v) is 14.4. The van der Waals surface area contributed by atoms with Crippen molar-refractivity contribution in [3.63, 3.8) is 0 Å². The van der Waals surface area contributed by atoms with E-state index in [9.17, 15) is 0 Å². The van der Waals surface area contributed by atoms with Crippen LogP contribution in [0.5, 0.6) is 0 Å². The van der Waals surface area contributed by atoms with Gasteiger partial charge in [0.1, 0.15) is 5.60 Å². The first-order chi connectivity index (χ1) is 11.1. The topological polar surface area (TPSA) is 9.23 Å². The molecule has 1 heteroatoms. The molecule has 5 atom stereocenters. The van der Waals surface area contributed by atoms with Crippen LogP contribution in [0.15, 0.2) is 23.8 Å². The number of allylic oxidation sites excluding steroid dienone is 2. The Morgan fingerprint density at radius 3 is 2.91 bits per heavy atom. The Labute approximate surface area is 140 Å². The standard InChI is InChI=1S/C22H28O/c1-16-18-15-17-8-11-21(17)9-4-3-7-19(21)20(18,2)12-13-22(16)10-5-6-14-23-22/h7,17-18H,1,3-4,6,8-9,11-15H2,2H3/t17?,18-,20-,21-,22?/m0/s1. The maximum Gasteiger partial charge on any atom is 0.150 e. The Bertz CT molecular complexity index is 661. The van der Waals surface area contributed by atoms with Crippen LogP contribution in [-0.4, -0.2) is 12.2 Å². The quantitative estimate of drug-likeness (QED) is 0.450. The molecule has 2 spiro atoms. The van der Waals surface area contributed by atoms with Crippen molar-refractivity contribution in [2.24, 2.45) is 22.7 Å². The van der Waals surface area contributed by atoms with E-state index in [1.165, 1.54) is 50.5 Å². The van der Waals surface area contributed by atoms with E-state index in [0.717, 1.165) is 25.4 Å². The monoisotopic (exact) mass is 308 g/mol.